The van der Waals surface area contributed by atoms with Gasteiger partial charge in [-0.05, 0) is 44.1 Å². The molecule has 1 aromatic rings. The Kier molecular flexibility index (Phi) is 4.19. The Morgan fingerprint density at radius 3 is 2.83 bits per heavy atom. The number of nitrogens with zero attached hydrogens (tertiary/aromatic N) is 1. The highest BCUT2D eigenvalue weighted by Crippen LogP contribution is 2.30. The van der Waals surface area contributed by atoms with E-state index in [1.54, 1.807) is 12.1 Å². The lowest BCUT2D eigenvalue weighted by Gasteiger charge is -2.30. The van der Waals surface area contributed by atoms with E-state index < -0.39 is 0 Å². The number of halogens is 1. The van der Waals surface area contributed by atoms with Gasteiger partial charge in [-0.15, -0.1) is 0 Å². The van der Waals surface area contributed by atoms with Gasteiger partial charge in [-0.3, -0.25) is 4.90 Å². The van der Waals surface area contributed by atoms with Gasteiger partial charge in [0.05, 0.1) is 7.11 Å². The minimum absolute atomic E-state index is 0.0605. The van der Waals surface area contributed by atoms with E-state index in [4.69, 9.17) is 10.5 Å². The molecule has 1 saturated heterocycles. The minimum Gasteiger partial charge on any atom is -0.494 e. The molecule has 1 fully saturated rings. The van der Waals surface area contributed by atoms with Crippen LogP contribution >= 0.6 is 0 Å². The molecule has 2 unspecified atom stereocenters. The van der Waals surface area contributed by atoms with Crippen molar-refractivity contribution >= 4 is 0 Å². The number of likely N-dealkylation sites (tertiary alicyclic amines) is 1. The molecule has 1 aliphatic heterocycles. The van der Waals surface area contributed by atoms with Crippen LogP contribution in [0.25, 0.3) is 0 Å². The first-order valence-corrected chi connectivity index (χ1v) is 6.42. The average Bonchev–Trinajstić information content (AvgIpc) is 2.50. The molecule has 0 spiro atoms. The smallest absolute Gasteiger partial charge is 0.165 e. The molecular formula is C14H21FN2O. The maximum atomic E-state index is 13.8. The molecule has 0 aliphatic carbocycles. The lowest BCUT2D eigenvalue weighted by Crippen LogP contribution is -2.37. The number of rotatable bonds is 2. The van der Waals surface area contributed by atoms with Gasteiger partial charge in [-0.1, -0.05) is 12.5 Å². The molecule has 2 N–H and O–H groups in total. The topological polar surface area (TPSA) is 38.5 Å². The van der Waals surface area contributed by atoms with Crippen molar-refractivity contribution in [2.24, 2.45) is 5.73 Å². The Hall–Kier alpha value is -1.13. The largest absolute Gasteiger partial charge is 0.494 e. The third kappa shape index (κ3) is 2.65. The Bertz CT molecular complexity index is 399. The number of nitrogens with two attached hydrogens (primary N) is 1. The first kappa shape index (κ1) is 13.3. The second-order valence-corrected chi connectivity index (χ2v) is 4.98. The number of hydrogen-bond acceptors (Lipinski definition) is 3. The number of benzene rings is 1. The maximum absolute atomic E-state index is 13.8. The molecular weight excluding hydrogens is 231 g/mol. The van der Waals surface area contributed by atoms with Crippen molar-refractivity contribution in [1.82, 2.24) is 4.90 Å². The summed E-state index contributed by atoms with van der Waals surface area (Å²) in [7, 11) is 3.53. The lowest BCUT2D eigenvalue weighted by atomic mass is 9.96. The van der Waals surface area contributed by atoms with E-state index in [-0.39, 0.29) is 23.7 Å². The maximum Gasteiger partial charge on any atom is 0.165 e. The number of ether oxygens (including phenoxy) is 1. The van der Waals surface area contributed by atoms with Crippen molar-refractivity contribution in [3.8, 4) is 5.75 Å². The van der Waals surface area contributed by atoms with Crippen LogP contribution in [0, 0.1) is 5.82 Å². The van der Waals surface area contributed by atoms with Crippen molar-refractivity contribution in [3.05, 3.63) is 29.6 Å². The van der Waals surface area contributed by atoms with Gasteiger partial charge in [-0.25, -0.2) is 4.39 Å². The SMILES string of the molecule is COc1ccc(C2C(N)CCCCN2C)cc1F. The standard InChI is InChI=1S/C14H21FN2O/c1-17-8-4-3-5-12(16)14(17)10-6-7-13(18-2)11(15)9-10/h6-7,9,12,14H,3-5,8,16H2,1-2H3. The van der Waals surface area contributed by atoms with Crippen molar-refractivity contribution < 1.29 is 9.13 Å². The van der Waals surface area contributed by atoms with E-state index in [1.807, 2.05) is 6.07 Å². The molecule has 0 bridgehead atoms. The molecule has 0 amide bonds. The second-order valence-electron chi connectivity index (χ2n) is 4.98. The highest BCUT2D eigenvalue weighted by molar-refractivity contribution is 5.31. The summed E-state index contributed by atoms with van der Waals surface area (Å²) in [5.41, 5.74) is 7.16. The van der Waals surface area contributed by atoms with Crippen molar-refractivity contribution in [2.75, 3.05) is 20.7 Å². The fraction of sp³-hybridized carbons (Fsp3) is 0.571. The van der Waals surface area contributed by atoms with Crippen molar-refractivity contribution in [1.29, 1.82) is 0 Å². The second kappa shape index (κ2) is 5.67. The molecule has 1 aliphatic rings. The van der Waals surface area contributed by atoms with Crippen LogP contribution in [0.2, 0.25) is 0 Å². The normalized spacial score (nSPS) is 25.8. The van der Waals surface area contributed by atoms with Crippen molar-refractivity contribution in [2.45, 2.75) is 31.3 Å². The van der Waals surface area contributed by atoms with Crippen molar-refractivity contribution in [3.63, 3.8) is 0 Å². The fourth-order valence-electron chi connectivity index (χ4n) is 2.73. The highest BCUT2D eigenvalue weighted by atomic mass is 19.1. The van der Waals surface area contributed by atoms with Crippen LogP contribution < -0.4 is 10.5 Å². The minimum atomic E-state index is -0.320. The Morgan fingerprint density at radius 1 is 1.39 bits per heavy atom. The summed E-state index contributed by atoms with van der Waals surface area (Å²) in [4.78, 5) is 2.22. The van der Waals surface area contributed by atoms with Gasteiger partial charge in [-0.2, -0.15) is 0 Å². The lowest BCUT2D eigenvalue weighted by molar-refractivity contribution is 0.229. The van der Waals surface area contributed by atoms with Gasteiger partial charge < -0.3 is 10.5 Å². The van der Waals surface area contributed by atoms with E-state index in [9.17, 15) is 4.39 Å². The Balaban J connectivity index is 2.30. The van der Waals surface area contributed by atoms with Gasteiger partial charge in [0.2, 0.25) is 0 Å². The van der Waals surface area contributed by atoms with Gasteiger partial charge in [0, 0.05) is 12.1 Å². The van der Waals surface area contributed by atoms with Gasteiger partial charge >= 0.3 is 0 Å². The summed E-state index contributed by atoms with van der Waals surface area (Å²) in [5, 5.41) is 0. The zero-order valence-corrected chi connectivity index (χ0v) is 11.0. The molecule has 1 aromatic carbocycles. The third-order valence-corrected chi connectivity index (χ3v) is 3.70. The Labute approximate surface area is 108 Å². The van der Waals surface area contributed by atoms with Crippen LogP contribution in [0.4, 0.5) is 4.39 Å². The average molecular weight is 252 g/mol. The molecule has 4 heteroatoms. The van der Waals surface area contributed by atoms with Crippen LogP contribution in [-0.4, -0.2) is 31.6 Å². The van der Waals surface area contributed by atoms with Crippen LogP contribution in [0.3, 0.4) is 0 Å². The molecule has 100 valence electrons. The summed E-state index contributed by atoms with van der Waals surface area (Å²) < 4.78 is 18.7. The van der Waals surface area contributed by atoms with Gasteiger partial charge in [0.15, 0.2) is 11.6 Å². The first-order valence-electron chi connectivity index (χ1n) is 6.42. The molecule has 1 heterocycles. The zero-order valence-electron chi connectivity index (χ0n) is 11.0. The van der Waals surface area contributed by atoms with Crippen LogP contribution in [0.1, 0.15) is 30.9 Å². The molecule has 18 heavy (non-hydrogen) atoms. The van der Waals surface area contributed by atoms with Gasteiger partial charge in [0.1, 0.15) is 0 Å². The summed E-state index contributed by atoms with van der Waals surface area (Å²) in [5.74, 6) is -0.0385. The zero-order chi connectivity index (χ0) is 13.1. The van der Waals surface area contributed by atoms with Crippen LogP contribution in [-0.2, 0) is 0 Å². The summed E-state index contributed by atoms with van der Waals surface area (Å²) in [6, 6.07) is 5.29. The van der Waals surface area contributed by atoms with E-state index in [0.717, 1.165) is 31.4 Å². The van der Waals surface area contributed by atoms with Gasteiger partial charge in [0.25, 0.3) is 0 Å². The predicted molar refractivity (Wildman–Crippen MR) is 70.1 cm³/mol. The van der Waals surface area contributed by atoms with Crippen LogP contribution in [0.15, 0.2) is 18.2 Å². The van der Waals surface area contributed by atoms with E-state index in [2.05, 4.69) is 11.9 Å². The molecule has 3 nitrogen and oxygen atoms in total. The first-order chi connectivity index (χ1) is 8.63. The number of methoxy groups -OCH3 is 1. The fourth-order valence-corrected chi connectivity index (χ4v) is 2.73. The number of hydrogen-bond donors (Lipinski definition) is 1. The molecule has 0 aromatic heterocycles. The summed E-state index contributed by atoms with van der Waals surface area (Å²) in [6.07, 6.45) is 3.28. The monoisotopic (exact) mass is 252 g/mol. The summed E-state index contributed by atoms with van der Waals surface area (Å²) in [6.45, 7) is 1.01. The van der Waals surface area contributed by atoms with E-state index >= 15 is 0 Å². The molecule has 2 rings (SSSR count). The predicted octanol–water partition coefficient (Wildman–Crippen LogP) is 2.32. The molecule has 0 radical (unpaired) electrons. The quantitative estimate of drug-likeness (QED) is 0.878. The van der Waals surface area contributed by atoms with E-state index in [0.29, 0.717) is 0 Å². The molecule has 0 saturated carbocycles. The summed E-state index contributed by atoms with van der Waals surface area (Å²) >= 11 is 0. The number of likely N-dealkylation sites (N-methyl/N-ethyl adjacent to an activating group) is 1. The van der Waals surface area contributed by atoms with E-state index in [1.165, 1.54) is 7.11 Å². The molecule has 2 atom stereocenters. The third-order valence-electron chi connectivity index (χ3n) is 3.70. The Morgan fingerprint density at radius 2 is 2.17 bits per heavy atom. The highest BCUT2D eigenvalue weighted by Gasteiger charge is 2.26. The van der Waals surface area contributed by atoms with Crippen LogP contribution in [0.5, 0.6) is 5.75 Å².